The van der Waals surface area contributed by atoms with Crippen molar-refractivity contribution in [2.24, 2.45) is 11.7 Å². The summed E-state index contributed by atoms with van der Waals surface area (Å²) in [6.07, 6.45) is 2.75. The first-order valence-corrected chi connectivity index (χ1v) is 4.45. The Morgan fingerprint density at radius 1 is 1.69 bits per heavy atom. The van der Waals surface area contributed by atoms with Crippen molar-refractivity contribution in [2.75, 3.05) is 18.0 Å². The fourth-order valence-corrected chi connectivity index (χ4v) is 1.73. The van der Waals surface area contributed by atoms with E-state index in [4.69, 9.17) is 5.73 Å². The summed E-state index contributed by atoms with van der Waals surface area (Å²) in [5, 5.41) is 0. The highest BCUT2D eigenvalue weighted by molar-refractivity contribution is 5.78. The van der Waals surface area contributed by atoms with E-state index < -0.39 is 0 Å². The van der Waals surface area contributed by atoms with Gasteiger partial charge in [0.1, 0.15) is 5.82 Å². The number of rotatable bonds is 2. The minimum Gasteiger partial charge on any atom is -0.369 e. The van der Waals surface area contributed by atoms with Crippen molar-refractivity contribution in [3.63, 3.8) is 0 Å². The summed E-state index contributed by atoms with van der Waals surface area (Å²) in [6, 6.07) is 3.95. The second kappa shape index (κ2) is 3.12. The van der Waals surface area contributed by atoms with E-state index in [1.807, 2.05) is 18.3 Å². The van der Waals surface area contributed by atoms with E-state index in [1.54, 1.807) is 0 Å². The van der Waals surface area contributed by atoms with Crippen molar-refractivity contribution < 1.29 is 4.79 Å². The molecule has 1 aliphatic rings. The number of aromatic amines is 1. The fourth-order valence-electron chi connectivity index (χ4n) is 1.73. The summed E-state index contributed by atoms with van der Waals surface area (Å²) in [7, 11) is 0. The van der Waals surface area contributed by atoms with E-state index in [0.717, 1.165) is 25.3 Å². The van der Waals surface area contributed by atoms with E-state index >= 15 is 0 Å². The molecule has 0 bridgehead atoms. The second-order valence-corrected chi connectivity index (χ2v) is 3.39. The zero-order valence-corrected chi connectivity index (χ0v) is 7.36. The van der Waals surface area contributed by atoms with Crippen LogP contribution in [0.15, 0.2) is 18.3 Å². The predicted octanol–water partition coefficient (Wildman–Crippen LogP) is 0.326. The van der Waals surface area contributed by atoms with Gasteiger partial charge in [0.25, 0.3) is 0 Å². The number of carbonyl (C=O) groups is 1. The third kappa shape index (κ3) is 1.52. The molecule has 0 spiro atoms. The molecule has 2 heterocycles. The Morgan fingerprint density at radius 2 is 2.54 bits per heavy atom. The van der Waals surface area contributed by atoms with Crippen LogP contribution in [0.3, 0.4) is 0 Å². The van der Waals surface area contributed by atoms with Gasteiger partial charge in [-0.25, -0.2) is 0 Å². The van der Waals surface area contributed by atoms with Crippen LogP contribution >= 0.6 is 0 Å². The van der Waals surface area contributed by atoms with Gasteiger partial charge in [-0.05, 0) is 18.6 Å². The van der Waals surface area contributed by atoms with Gasteiger partial charge in [-0.1, -0.05) is 0 Å². The number of anilines is 1. The van der Waals surface area contributed by atoms with Crippen LogP contribution in [-0.4, -0.2) is 24.0 Å². The Bertz CT molecular complexity index is 294. The van der Waals surface area contributed by atoms with Crippen LogP contribution in [0, 0.1) is 5.92 Å². The highest BCUT2D eigenvalue weighted by Gasteiger charge is 2.26. The molecular formula is C9H13N3O. The summed E-state index contributed by atoms with van der Waals surface area (Å²) >= 11 is 0. The van der Waals surface area contributed by atoms with E-state index in [2.05, 4.69) is 9.88 Å². The van der Waals surface area contributed by atoms with Crippen molar-refractivity contribution in [1.29, 1.82) is 0 Å². The lowest BCUT2D eigenvalue weighted by Gasteiger charge is -2.15. The lowest BCUT2D eigenvalue weighted by atomic mass is 10.1. The van der Waals surface area contributed by atoms with E-state index in [-0.39, 0.29) is 11.8 Å². The third-order valence-electron chi connectivity index (χ3n) is 2.51. The molecule has 4 nitrogen and oxygen atoms in total. The maximum atomic E-state index is 10.9. The summed E-state index contributed by atoms with van der Waals surface area (Å²) in [5.41, 5.74) is 5.24. The molecule has 1 aromatic heterocycles. The Labute approximate surface area is 76.7 Å². The van der Waals surface area contributed by atoms with Gasteiger partial charge in [-0.3, -0.25) is 4.79 Å². The third-order valence-corrected chi connectivity index (χ3v) is 2.51. The molecule has 70 valence electrons. The molecule has 3 N–H and O–H groups in total. The summed E-state index contributed by atoms with van der Waals surface area (Å²) in [6.45, 7) is 1.66. The van der Waals surface area contributed by atoms with Gasteiger partial charge in [-0.2, -0.15) is 0 Å². The zero-order chi connectivity index (χ0) is 9.26. The van der Waals surface area contributed by atoms with Gasteiger partial charge in [0, 0.05) is 19.3 Å². The van der Waals surface area contributed by atoms with Gasteiger partial charge in [-0.15, -0.1) is 0 Å². The number of carbonyl (C=O) groups excluding carboxylic acids is 1. The molecule has 1 atom stereocenters. The van der Waals surface area contributed by atoms with E-state index in [9.17, 15) is 4.79 Å². The summed E-state index contributed by atoms with van der Waals surface area (Å²) < 4.78 is 0. The molecular weight excluding hydrogens is 166 g/mol. The molecule has 4 heteroatoms. The van der Waals surface area contributed by atoms with Crippen LogP contribution in [0.4, 0.5) is 5.82 Å². The van der Waals surface area contributed by atoms with E-state index in [1.165, 1.54) is 0 Å². The minimum atomic E-state index is -0.186. The topological polar surface area (TPSA) is 62.1 Å². The minimum absolute atomic E-state index is 0.0169. The molecule has 1 fully saturated rings. The number of amides is 1. The van der Waals surface area contributed by atoms with Crippen molar-refractivity contribution >= 4 is 11.7 Å². The molecule has 0 aromatic carbocycles. The largest absolute Gasteiger partial charge is 0.369 e. The molecule has 0 aliphatic carbocycles. The van der Waals surface area contributed by atoms with Gasteiger partial charge in [0.05, 0.1) is 5.92 Å². The highest BCUT2D eigenvalue weighted by Crippen LogP contribution is 2.21. The molecule has 1 aromatic rings. The average molecular weight is 179 g/mol. The molecule has 0 saturated carbocycles. The van der Waals surface area contributed by atoms with Gasteiger partial charge in [0.15, 0.2) is 0 Å². The van der Waals surface area contributed by atoms with Crippen molar-refractivity contribution in [3.8, 4) is 0 Å². The van der Waals surface area contributed by atoms with Crippen molar-refractivity contribution in [1.82, 2.24) is 4.98 Å². The van der Waals surface area contributed by atoms with Crippen LogP contribution in [0.1, 0.15) is 6.42 Å². The van der Waals surface area contributed by atoms with Gasteiger partial charge >= 0.3 is 0 Å². The monoisotopic (exact) mass is 179 g/mol. The van der Waals surface area contributed by atoms with Crippen LogP contribution in [0.2, 0.25) is 0 Å². The number of H-pyrrole nitrogens is 1. The number of primary amides is 1. The lowest BCUT2D eigenvalue weighted by molar-refractivity contribution is -0.121. The highest BCUT2D eigenvalue weighted by atomic mass is 16.1. The predicted molar refractivity (Wildman–Crippen MR) is 50.3 cm³/mol. The molecule has 0 radical (unpaired) electrons. The van der Waals surface area contributed by atoms with Crippen LogP contribution in [-0.2, 0) is 4.79 Å². The first kappa shape index (κ1) is 8.16. The molecule has 13 heavy (non-hydrogen) atoms. The lowest BCUT2D eigenvalue weighted by Crippen LogP contribution is -2.27. The van der Waals surface area contributed by atoms with Gasteiger partial charge in [0.2, 0.25) is 5.91 Å². The standard InChI is InChI=1S/C9H13N3O/c10-9(13)7-3-5-12(6-7)8-2-1-4-11-8/h1-2,4,7,11H,3,5-6H2,(H2,10,13). The molecule has 1 saturated heterocycles. The normalized spacial score (nSPS) is 22.2. The molecule has 1 aliphatic heterocycles. The Hall–Kier alpha value is -1.45. The smallest absolute Gasteiger partial charge is 0.222 e. The Kier molecular flexibility index (Phi) is 1.96. The number of hydrogen-bond acceptors (Lipinski definition) is 2. The first-order chi connectivity index (χ1) is 6.27. The summed E-state index contributed by atoms with van der Waals surface area (Å²) in [4.78, 5) is 16.2. The zero-order valence-electron chi connectivity index (χ0n) is 7.36. The number of hydrogen-bond donors (Lipinski definition) is 2. The maximum absolute atomic E-state index is 10.9. The maximum Gasteiger partial charge on any atom is 0.222 e. The molecule has 1 unspecified atom stereocenters. The Morgan fingerprint density at radius 3 is 3.08 bits per heavy atom. The second-order valence-electron chi connectivity index (χ2n) is 3.39. The number of nitrogens with zero attached hydrogens (tertiary/aromatic N) is 1. The number of nitrogens with two attached hydrogens (primary N) is 1. The molecule has 1 amide bonds. The fraction of sp³-hybridized carbons (Fsp3) is 0.444. The van der Waals surface area contributed by atoms with E-state index in [0.29, 0.717) is 0 Å². The van der Waals surface area contributed by atoms with Crippen LogP contribution in [0.5, 0.6) is 0 Å². The van der Waals surface area contributed by atoms with Crippen LogP contribution < -0.4 is 10.6 Å². The van der Waals surface area contributed by atoms with Gasteiger partial charge < -0.3 is 15.6 Å². The quantitative estimate of drug-likeness (QED) is 0.687. The molecule has 2 rings (SSSR count). The number of aromatic nitrogens is 1. The van der Waals surface area contributed by atoms with Crippen LogP contribution in [0.25, 0.3) is 0 Å². The van der Waals surface area contributed by atoms with Crippen molar-refractivity contribution in [2.45, 2.75) is 6.42 Å². The average Bonchev–Trinajstić information content (AvgIpc) is 2.75. The Balaban J connectivity index is 2.03. The summed E-state index contributed by atoms with van der Waals surface area (Å²) in [5.74, 6) is 0.904. The number of nitrogens with one attached hydrogen (secondary N) is 1. The van der Waals surface area contributed by atoms with Crippen molar-refractivity contribution in [3.05, 3.63) is 18.3 Å². The SMILES string of the molecule is NC(=O)C1CCN(c2ccc[nH]2)C1. The first-order valence-electron chi connectivity index (χ1n) is 4.45.